The molecule has 0 aliphatic carbocycles. The number of thiophene rings is 1. The molecule has 3 aromatic heterocycles. The fraction of sp³-hybridized carbons (Fsp3) is 0.176. The predicted octanol–water partition coefficient (Wildman–Crippen LogP) is 3.66. The van der Waals surface area contributed by atoms with Gasteiger partial charge in [-0.05, 0) is 18.6 Å². The molecule has 4 rings (SSSR count). The molecule has 120 valence electrons. The molecule has 0 amide bonds. The average molecular weight is 336 g/mol. The smallest absolute Gasteiger partial charge is 0.154 e. The minimum atomic E-state index is -0.00400. The van der Waals surface area contributed by atoms with Crippen LogP contribution in [0.5, 0.6) is 0 Å². The van der Waals surface area contributed by atoms with Crippen molar-refractivity contribution in [1.82, 2.24) is 24.7 Å². The highest BCUT2D eigenvalue weighted by Gasteiger charge is 2.15. The summed E-state index contributed by atoms with van der Waals surface area (Å²) in [6.07, 6.45) is 3.29. The largest absolute Gasteiger partial charge is 0.360 e. The van der Waals surface area contributed by atoms with E-state index in [1.807, 2.05) is 36.7 Å². The van der Waals surface area contributed by atoms with Crippen LogP contribution >= 0.6 is 11.3 Å². The number of hydrogen-bond acceptors (Lipinski definition) is 6. The van der Waals surface area contributed by atoms with Crippen LogP contribution in [0.25, 0.3) is 20.7 Å². The van der Waals surface area contributed by atoms with Gasteiger partial charge in [0.2, 0.25) is 0 Å². The Morgan fingerprint density at radius 1 is 1.17 bits per heavy atom. The van der Waals surface area contributed by atoms with E-state index in [-0.39, 0.29) is 6.04 Å². The number of nitrogens with one attached hydrogen (secondary N) is 1. The first-order chi connectivity index (χ1) is 11.7. The van der Waals surface area contributed by atoms with Crippen molar-refractivity contribution in [2.45, 2.75) is 13.0 Å². The maximum absolute atomic E-state index is 4.42. The standard InChI is InChI=1S/C17H16N6S/c1-11(16-22-20-10-23(16)2)21-15-13-8-14(12-6-4-3-5-7-12)24-17(13)19-9-18-15/h3-11H,1-2H3,(H,18,19,21)/t11-/m0/s1. The molecule has 6 nitrogen and oxygen atoms in total. The first kappa shape index (κ1) is 14.8. The molecule has 4 aromatic rings. The Kier molecular flexibility index (Phi) is 3.70. The zero-order chi connectivity index (χ0) is 16.5. The highest BCUT2D eigenvalue weighted by atomic mass is 32.1. The quantitative estimate of drug-likeness (QED) is 0.616. The molecule has 0 spiro atoms. The molecule has 0 saturated heterocycles. The third-order valence-electron chi connectivity index (χ3n) is 3.87. The first-order valence-electron chi connectivity index (χ1n) is 7.63. The maximum Gasteiger partial charge on any atom is 0.154 e. The first-order valence-corrected chi connectivity index (χ1v) is 8.44. The number of benzene rings is 1. The average Bonchev–Trinajstić information content (AvgIpc) is 3.22. The normalized spacial score (nSPS) is 12.4. The molecule has 3 heterocycles. The number of aromatic nitrogens is 5. The van der Waals surface area contributed by atoms with E-state index in [1.165, 1.54) is 10.4 Å². The fourth-order valence-electron chi connectivity index (χ4n) is 2.67. The summed E-state index contributed by atoms with van der Waals surface area (Å²) in [5.74, 6) is 1.68. The van der Waals surface area contributed by atoms with Crippen LogP contribution in [0.3, 0.4) is 0 Å². The molecular weight excluding hydrogens is 320 g/mol. The van der Waals surface area contributed by atoms with Crippen LogP contribution in [-0.2, 0) is 7.05 Å². The lowest BCUT2D eigenvalue weighted by Gasteiger charge is -2.13. The van der Waals surface area contributed by atoms with Crippen LogP contribution in [0, 0.1) is 0 Å². The number of fused-ring (bicyclic) bond motifs is 1. The van der Waals surface area contributed by atoms with Gasteiger partial charge in [0.05, 0.1) is 11.4 Å². The van der Waals surface area contributed by atoms with Gasteiger partial charge >= 0.3 is 0 Å². The van der Waals surface area contributed by atoms with Crippen molar-refractivity contribution in [3.05, 3.63) is 54.9 Å². The Balaban J connectivity index is 1.71. The Hall–Kier alpha value is -2.80. The van der Waals surface area contributed by atoms with Gasteiger partial charge in [-0.25, -0.2) is 9.97 Å². The molecule has 1 atom stereocenters. The van der Waals surface area contributed by atoms with E-state index in [4.69, 9.17) is 0 Å². The highest BCUT2D eigenvalue weighted by molar-refractivity contribution is 7.21. The lowest BCUT2D eigenvalue weighted by Crippen LogP contribution is -2.13. The summed E-state index contributed by atoms with van der Waals surface area (Å²) in [7, 11) is 1.93. The lowest BCUT2D eigenvalue weighted by atomic mass is 10.2. The highest BCUT2D eigenvalue weighted by Crippen LogP contribution is 2.35. The molecule has 0 aliphatic rings. The summed E-state index contributed by atoms with van der Waals surface area (Å²) in [6.45, 7) is 2.04. The number of rotatable bonds is 4. The molecular formula is C17H16N6S. The molecule has 7 heteroatoms. The minimum absolute atomic E-state index is 0.00400. The van der Waals surface area contributed by atoms with Crippen molar-refractivity contribution in [3.63, 3.8) is 0 Å². The Bertz CT molecular complexity index is 975. The summed E-state index contributed by atoms with van der Waals surface area (Å²) in [6, 6.07) is 12.4. The van der Waals surface area contributed by atoms with Crippen molar-refractivity contribution >= 4 is 27.4 Å². The number of anilines is 1. The van der Waals surface area contributed by atoms with Crippen molar-refractivity contribution < 1.29 is 0 Å². The summed E-state index contributed by atoms with van der Waals surface area (Å²) in [4.78, 5) is 11.0. The van der Waals surface area contributed by atoms with E-state index < -0.39 is 0 Å². The fourth-order valence-corrected chi connectivity index (χ4v) is 3.67. The Morgan fingerprint density at radius 3 is 2.75 bits per heavy atom. The monoisotopic (exact) mass is 336 g/mol. The van der Waals surface area contributed by atoms with Gasteiger partial charge in [-0.2, -0.15) is 0 Å². The zero-order valence-electron chi connectivity index (χ0n) is 13.3. The van der Waals surface area contributed by atoms with Crippen LogP contribution in [0.2, 0.25) is 0 Å². The molecule has 0 aliphatic heterocycles. The van der Waals surface area contributed by atoms with E-state index in [0.717, 1.165) is 21.9 Å². The summed E-state index contributed by atoms with van der Waals surface area (Å²) in [5, 5.41) is 12.5. The second-order valence-electron chi connectivity index (χ2n) is 5.58. The third kappa shape index (κ3) is 2.63. The van der Waals surface area contributed by atoms with Gasteiger partial charge in [-0.1, -0.05) is 30.3 Å². The molecule has 0 unspecified atom stereocenters. The van der Waals surface area contributed by atoms with E-state index in [9.17, 15) is 0 Å². The molecule has 0 radical (unpaired) electrons. The van der Waals surface area contributed by atoms with Gasteiger partial charge in [-0.3, -0.25) is 0 Å². The summed E-state index contributed by atoms with van der Waals surface area (Å²) in [5.41, 5.74) is 1.19. The van der Waals surface area contributed by atoms with Crippen LogP contribution in [0.15, 0.2) is 49.1 Å². The molecule has 24 heavy (non-hydrogen) atoms. The second-order valence-corrected chi connectivity index (χ2v) is 6.61. The number of nitrogens with zero attached hydrogens (tertiary/aromatic N) is 5. The zero-order valence-corrected chi connectivity index (χ0v) is 14.2. The van der Waals surface area contributed by atoms with Crippen molar-refractivity contribution in [1.29, 1.82) is 0 Å². The van der Waals surface area contributed by atoms with Crippen LogP contribution < -0.4 is 5.32 Å². The maximum atomic E-state index is 4.42. The van der Waals surface area contributed by atoms with E-state index in [1.54, 1.807) is 24.0 Å². The number of hydrogen-bond donors (Lipinski definition) is 1. The molecule has 0 saturated carbocycles. The predicted molar refractivity (Wildman–Crippen MR) is 95.9 cm³/mol. The Labute approximate surface area is 143 Å². The second kappa shape index (κ2) is 6.01. The number of aryl methyl sites for hydroxylation is 1. The third-order valence-corrected chi connectivity index (χ3v) is 4.97. The van der Waals surface area contributed by atoms with Gasteiger partial charge in [0.15, 0.2) is 5.82 Å². The molecule has 1 N–H and O–H groups in total. The minimum Gasteiger partial charge on any atom is -0.360 e. The summed E-state index contributed by atoms with van der Waals surface area (Å²) >= 11 is 1.67. The topological polar surface area (TPSA) is 68.5 Å². The van der Waals surface area contributed by atoms with Gasteiger partial charge in [0, 0.05) is 11.9 Å². The van der Waals surface area contributed by atoms with Crippen molar-refractivity contribution in [3.8, 4) is 10.4 Å². The van der Waals surface area contributed by atoms with E-state index >= 15 is 0 Å². The summed E-state index contributed by atoms with van der Waals surface area (Å²) < 4.78 is 1.90. The van der Waals surface area contributed by atoms with Crippen LogP contribution in [0.4, 0.5) is 5.82 Å². The molecule has 1 aromatic carbocycles. The van der Waals surface area contributed by atoms with Gasteiger partial charge < -0.3 is 9.88 Å². The van der Waals surface area contributed by atoms with Crippen molar-refractivity contribution in [2.75, 3.05) is 5.32 Å². The van der Waals surface area contributed by atoms with Crippen LogP contribution in [-0.4, -0.2) is 24.7 Å². The SMILES string of the molecule is C[C@H](Nc1ncnc2sc(-c3ccccc3)cc12)c1nncn1C. The van der Waals surface area contributed by atoms with Crippen molar-refractivity contribution in [2.24, 2.45) is 7.05 Å². The van der Waals surface area contributed by atoms with Gasteiger partial charge in [0.1, 0.15) is 23.3 Å². The van der Waals surface area contributed by atoms with Gasteiger partial charge in [0.25, 0.3) is 0 Å². The molecule has 0 bridgehead atoms. The van der Waals surface area contributed by atoms with Gasteiger partial charge in [-0.15, -0.1) is 21.5 Å². The molecule has 0 fully saturated rings. The Morgan fingerprint density at radius 2 is 2.00 bits per heavy atom. The van der Waals surface area contributed by atoms with E-state index in [0.29, 0.717) is 0 Å². The van der Waals surface area contributed by atoms with E-state index in [2.05, 4.69) is 43.7 Å². The van der Waals surface area contributed by atoms with Crippen LogP contribution in [0.1, 0.15) is 18.8 Å². The lowest BCUT2D eigenvalue weighted by molar-refractivity contribution is 0.717.